The molecule has 13 heteroatoms. The third-order valence-corrected chi connectivity index (χ3v) is 4.97. The number of hydrogen-bond acceptors (Lipinski definition) is 6. The monoisotopic (exact) mass is 662 g/mol. The molecular formula is C30H17BrF6N2O4. The Balaban J connectivity index is 0.000000276. The number of phenols is 1. The molecule has 0 saturated heterocycles. The highest BCUT2D eigenvalue weighted by Gasteiger charge is 2.09. The molecule has 0 atom stereocenters. The van der Waals surface area contributed by atoms with Gasteiger partial charge in [0.2, 0.25) is 0 Å². The van der Waals surface area contributed by atoms with Crippen molar-refractivity contribution in [3.63, 3.8) is 0 Å². The van der Waals surface area contributed by atoms with Crippen LogP contribution < -0.4 is 14.2 Å². The molecule has 0 aliphatic rings. The van der Waals surface area contributed by atoms with Gasteiger partial charge >= 0.3 is 24.2 Å². The van der Waals surface area contributed by atoms with E-state index in [2.05, 4.69) is 30.1 Å². The lowest BCUT2D eigenvalue weighted by Gasteiger charge is -2.05. The summed E-state index contributed by atoms with van der Waals surface area (Å²) in [6.07, 6.45) is -3.44. The van der Waals surface area contributed by atoms with Crippen molar-refractivity contribution in [2.45, 2.75) is 0 Å². The quantitative estimate of drug-likeness (QED) is 0.120. The van der Waals surface area contributed by atoms with E-state index in [0.29, 0.717) is 5.75 Å². The second kappa shape index (κ2) is 17.4. The van der Waals surface area contributed by atoms with Gasteiger partial charge in [0.05, 0.1) is 0 Å². The molecule has 4 aromatic carbocycles. The summed E-state index contributed by atoms with van der Waals surface area (Å²) in [7, 11) is 0. The Hall–Kier alpha value is -5.40. The Bertz CT molecular complexity index is 1610. The van der Waals surface area contributed by atoms with Crippen LogP contribution in [0, 0.1) is 21.8 Å². The minimum absolute atomic E-state index is 0.0205. The van der Waals surface area contributed by atoms with E-state index in [-0.39, 0.29) is 17.2 Å². The van der Waals surface area contributed by atoms with Gasteiger partial charge in [-0.3, -0.25) is 0 Å². The Kier molecular flexibility index (Phi) is 13.7. The smallest absolute Gasteiger partial charge is 0.344 e. The average molecular weight is 663 g/mol. The van der Waals surface area contributed by atoms with E-state index in [1.54, 1.807) is 71.9 Å². The van der Waals surface area contributed by atoms with Crippen molar-refractivity contribution >= 4 is 15.9 Å². The summed E-state index contributed by atoms with van der Waals surface area (Å²) in [5.41, 5.74) is 3.21. The third kappa shape index (κ3) is 11.5. The molecule has 0 aliphatic carbocycles. The molecule has 220 valence electrons. The summed E-state index contributed by atoms with van der Waals surface area (Å²) in [5, 5.41) is 24.8. The number of hydrogen-bond donors (Lipinski definition) is 1. The molecule has 0 aromatic heterocycles. The van der Waals surface area contributed by atoms with Crippen LogP contribution in [0.15, 0.2) is 121 Å². The molecule has 6 nitrogen and oxygen atoms in total. The number of halogens is 7. The summed E-state index contributed by atoms with van der Waals surface area (Å²) in [5.74, 6) is 0.502. The standard InChI is InChI=1S/C15H8F3NO2.C14H9F3O2.CBrN/c16-14(17)15(18)21-13-7-3-11(4-8-13)10-1-5-12(6-2-10)20-9-19;15-13(16)14(17)19-12-7-3-10(4-8-12)9-1-5-11(18)6-2-9;2-1-3/h1-8H;1-8,18H;. The molecule has 0 aliphatic heterocycles. The van der Waals surface area contributed by atoms with Crippen LogP contribution >= 0.6 is 15.9 Å². The number of aromatic hydroxyl groups is 1. The zero-order valence-electron chi connectivity index (χ0n) is 21.4. The van der Waals surface area contributed by atoms with Crippen molar-refractivity contribution in [3.8, 4) is 56.5 Å². The van der Waals surface area contributed by atoms with Gasteiger partial charge in [-0.15, -0.1) is 5.26 Å². The van der Waals surface area contributed by atoms with Gasteiger partial charge in [-0.2, -0.15) is 31.6 Å². The fourth-order valence-electron chi connectivity index (χ4n) is 3.14. The maximum Gasteiger partial charge on any atom is 0.344 e. The SMILES string of the molecule is N#CBr.N#COc1ccc(-c2ccc(OC(F)=C(F)F)cc2)cc1.Oc1ccc(-c2ccc(OC(F)=C(F)F)cc2)cc1. The van der Waals surface area contributed by atoms with E-state index in [1.807, 2.05) is 0 Å². The van der Waals surface area contributed by atoms with E-state index < -0.39 is 24.2 Å². The number of rotatable bonds is 7. The van der Waals surface area contributed by atoms with Crippen LogP contribution in [0.2, 0.25) is 0 Å². The fourth-order valence-corrected chi connectivity index (χ4v) is 3.14. The topological polar surface area (TPSA) is 95.5 Å². The number of benzene rings is 4. The van der Waals surface area contributed by atoms with Crippen LogP contribution in [-0.2, 0) is 0 Å². The summed E-state index contributed by atoms with van der Waals surface area (Å²) < 4.78 is 86.0. The predicted octanol–water partition coefficient (Wildman–Crippen LogP) is 9.96. The molecule has 4 aromatic rings. The highest BCUT2D eigenvalue weighted by Crippen LogP contribution is 2.27. The summed E-state index contributed by atoms with van der Waals surface area (Å²) in [4.78, 5) is 1.56. The fraction of sp³-hybridized carbons (Fsp3) is 0. The first kappa shape index (κ1) is 33.8. The van der Waals surface area contributed by atoms with E-state index in [0.717, 1.165) is 22.3 Å². The van der Waals surface area contributed by atoms with Crippen molar-refractivity contribution < 1.29 is 45.7 Å². The van der Waals surface area contributed by atoms with Gasteiger partial charge in [-0.05, 0) is 70.8 Å². The van der Waals surface area contributed by atoms with Crippen molar-refractivity contribution in [1.82, 2.24) is 0 Å². The molecule has 0 radical (unpaired) electrons. The highest BCUT2D eigenvalue weighted by molar-refractivity contribution is 9.12. The first-order valence-electron chi connectivity index (χ1n) is 11.5. The first-order chi connectivity index (χ1) is 20.6. The van der Waals surface area contributed by atoms with Crippen molar-refractivity contribution in [3.05, 3.63) is 121 Å². The molecule has 1 N–H and O–H groups in total. The third-order valence-electron chi connectivity index (χ3n) is 4.97. The van der Waals surface area contributed by atoms with Gasteiger partial charge < -0.3 is 19.3 Å². The van der Waals surface area contributed by atoms with Crippen LogP contribution in [-0.4, -0.2) is 5.11 Å². The second-order valence-electron chi connectivity index (χ2n) is 7.67. The van der Waals surface area contributed by atoms with Crippen LogP contribution in [0.1, 0.15) is 0 Å². The Morgan fingerprint density at radius 2 is 0.814 bits per heavy atom. The van der Waals surface area contributed by atoms with Gasteiger partial charge in [0, 0.05) is 15.9 Å². The van der Waals surface area contributed by atoms with Crippen LogP contribution in [0.3, 0.4) is 0 Å². The molecule has 0 heterocycles. The van der Waals surface area contributed by atoms with Gasteiger partial charge in [0.15, 0.2) is 0 Å². The van der Waals surface area contributed by atoms with Gasteiger partial charge in [-0.1, -0.05) is 48.5 Å². The van der Waals surface area contributed by atoms with E-state index >= 15 is 0 Å². The van der Waals surface area contributed by atoms with Crippen molar-refractivity contribution in [1.29, 1.82) is 10.5 Å². The molecule has 0 saturated carbocycles. The average Bonchev–Trinajstić information content (AvgIpc) is 3.00. The summed E-state index contributed by atoms with van der Waals surface area (Å²) in [6, 6.07) is 21.2. The van der Waals surface area contributed by atoms with E-state index in [1.165, 1.54) is 36.4 Å². The van der Waals surface area contributed by atoms with Gasteiger partial charge in [0.1, 0.15) is 28.0 Å². The second-order valence-corrected chi connectivity index (χ2v) is 8.02. The minimum Gasteiger partial charge on any atom is -0.508 e. The van der Waals surface area contributed by atoms with E-state index in [9.17, 15) is 26.3 Å². The highest BCUT2D eigenvalue weighted by atomic mass is 79.9. The number of phenolic OH excluding ortho intramolecular Hbond substituents is 1. The van der Waals surface area contributed by atoms with Crippen molar-refractivity contribution in [2.24, 2.45) is 0 Å². The van der Waals surface area contributed by atoms with Crippen LogP contribution in [0.5, 0.6) is 23.0 Å². The normalized spacial score (nSPS) is 9.33. The molecule has 0 fully saturated rings. The Labute approximate surface area is 249 Å². The Morgan fingerprint density at radius 1 is 0.535 bits per heavy atom. The lowest BCUT2D eigenvalue weighted by Crippen LogP contribution is -1.90. The number of ether oxygens (including phenoxy) is 3. The maximum atomic E-state index is 12.6. The molecular weight excluding hydrogens is 646 g/mol. The molecule has 43 heavy (non-hydrogen) atoms. The zero-order chi connectivity index (χ0) is 31.8. The van der Waals surface area contributed by atoms with Crippen LogP contribution in [0.25, 0.3) is 22.3 Å². The Morgan fingerprint density at radius 3 is 1.09 bits per heavy atom. The van der Waals surface area contributed by atoms with Gasteiger partial charge in [0.25, 0.3) is 6.26 Å². The molecule has 0 unspecified atom stereocenters. The number of nitrogens with zero attached hydrogens (tertiary/aromatic N) is 2. The van der Waals surface area contributed by atoms with Gasteiger partial charge in [-0.25, -0.2) is 0 Å². The number of nitriles is 2. The summed E-state index contributed by atoms with van der Waals surface area (Å²) in [6.45, 7) is 0. The van der Waals surface area contributed by atoms with Crippen LogP contribution in [0.4, 0.5) is 26.3 Å². The largest absolute Gasteiger partial charge is 0.508 e. The lowest BCUT2D eigenvalue weighted by molar-refractivity contribution is 0.241. The lowest BCUT2D eigenvalue weighted by atomic mass is 10.1. The first-order valence-corrected chi connectivity index (χ1v) is 12.3. The zero-order valence-corrected chi connectivity index (χ0v) is 23.0. The predicted molar refractivity (Wildman–Crippen MR) is 148 cm³/mol. The minimum atomic E-state index is -2.51. The molecule has 0 spiro atoms. The van der Waals surface area contributed by atoms with Crippen molar-refractivity contribution in [2.75, 3.05) is 0 Å². The molecule has 0 bridgehead atoms. The van der Waals surface area contributed by atoms with E-state index in [4.69, 9.17) is 15.6 Å². The molecule has 4 rings (SSSR count). The summed E-state index contributed by atoms with van der Waals surface area (Å²) >= 11 is 2.45. The molecule has 0 amide bonds. The maximum absolute atomic E-state index is 12.6.